The third-order valence-corrected chi connectivity index (χ3v) is 3.15. The van der Waals surface area contributed by atoms with E-state index >= 15 is 0 Å². The second kappa shape index (κ2) is 8.20. The summed E-state index contributed by atoms with van der Waals surface area (Å²) in [5.74, 6) is -5.74. The van der Waals surface area contributed by atoms with E-state index in [4.69, 9.17) is 11.6 Å². The lowest BCUT2D eigenvalue weighted by atomic mass is 10.2. The minimum absolute atomic E-state index is 0.00554. The number of aromatic nitrogens is 3. The van der Waals surface area contributed by atoms with Gasteiger partial charge in [0.1, 0.15) is 5.69 Å². The van der Waals surface area contributed by atoms with Crippen molar-refractivity contribution in [1.82, 2.24) is 9.97 Å². The quantitative estimate of drug-likeness (QED) is 0.238. The van der Waals surface area contributed by atoms with Gasteiger partial charge in [-0.15, -0.1) is 0 Å². The summed E-state index contributed by atoms with van der Waals surface area (Å²) < 4.78 is 62.4. The topological polar surface area (TPSA) is 86.7 Å². The van der Waals surface area contributed by atoms with Gasteiger partial charge in [0.05, 0.1) is 29.5 Å². The number of pyridine rings is 1. The molecule has 0 saturated heterocycles. The lowest BCUT2D eigenvalue weighted by molar-refractivity contribution is -0.682. The van der Waals surface area contributed by atoms with Crippen LogP contribution in [0.4, 0.5) is 22.0 Å². The van der Waals surface area contributed by atoms with Gasteiger partial charge < -0.3 is 9.94 Å². The smallest absolute Gasteiger partial charge is 0.457 e. The van der Waals surface area contributed by atoms with Gasteiger partial charge in [-0.3, -0.25) is 9.97 Å². The Bertz CT molecular complexity index is 846. The Morgan fingerprint density at radius 1 is 1.26 bits per heavy atom. The lowest BCUT2D eigenvalue weighted by Gasteiger charge is -2.17. The summed E-state index contributed by atoms with van der Waals surface area (Å²) in [6.07, 6.45) is 1.71. The summed E-state index contributed by atoms with van der Waals surface area (Å²) in [6.45, 7) is -2.00. The van der Waals surface area contributed by atoms with Gasteiger partial charge >= 0.3 is 12.1 Å². The number of nitrogens with zero attached hydrogens (tertiary/aromatic N) is 5. The second-order valence-corrected chi connectivity index (χ2v) is 5.24. The molecule has 2 rings (SSSR count). The highest BCUT2D eigenvalue weighted by atomic mass is 35.5. The van der Waals surface area contributed by atoms with Crippen molar-refractivity contribution in [1.29, 1.82) is 0 Å². The Kier molecular flexibility index (Phi) is 6.20. The average Bonchev–Trinajstić information content (AvgIpc) is 2.59. The van der Waals surface area contributed by atoms with E-state index in [1.807, 2.05) is 0 Å². The molecule has 2 aromatic rings. The van der Waals surface area contributed by atoms with Crippen molar-refractivity contribution < 1.29 is 36.6 Å². The molecule has 144 valence electrons. The van der Waals surface area contributed by atoms with E-state index in [-0.39, 0.29) is 16.3 Å². The Morgan fingerprint density at radius 2 is 1.93 bits per heavy atom. The lowest BCUT2D eigenvalue weighted by Crippen LogP contribution is -2.40. The number of rotatable bonds is 6. The van der Waals surface area contributed by atoms with Crippen LogP contribution in [-0.4, -0.2) is 40.8 Å². The maximum Gasteiger partial charge on any atom is 0.457 e. The molecule has 2 aromatic heterocycles. The van der Waals surface area contributed by atoms with Crippen molar-refractivity contribution in [3.8, 4) is 0 Å². The maximum atomic E-state index is 12.6. The predicted octanol–water partition coefficient (Wildman–Crippen LogP) is 1.54. The SMILES string of the molecule is [O-]/C(=N\[n+]1ccncc1)c1cnc(/C=N/OCC(F)(F)C(F)(F)F)c(Cl)c1. The van der Waals surface area contributed by atoms with Crippen LogP contribution in [-0.2, 0) is 4.84 Å². The second-order valence-electron chi connectivity index (χ2n) is 4.83. The molecule has 2 heterocycles. The number of halogens is 6. The van der Waals surface area contributed by atoms with Crippen LogP contribution < -0.4 is 9.78 Å². The highest BCUT2D eigenvalue weighted by molar-refractivity contribution is 6.33. The fraction of sp³-hybridized carbons (Fsp3) is 0.214. The number of oxime groups is 1. The van der Waals surface area contributed by atoms with Gasteiger partial charge in [0, 0.05) is 11.8 Å². The molecule has 27 heavy (non-hydrogen) atoms. The molecule has 0 bridgehead atoms. The van der Waals surface area contributed by atoms with Crippen LogP contribution in [0.2, 0.25) is 5.02 Å². The summed E-state index contributed by atoms with van der Waals surface area (Å²) in [7, 11) is 0. The molecule has 0 atom stereocenters. The molecule has 0 radical (unpaired) electrons. The standard InChI is InChI=1S/C14H9ClF5N5O2/c15-10-5-9(12(26)24-25-3-1-21-2-4-25)6-22-11(10)7-23-27-8-13(16,17)14(18,19)20/h1-7H,8H2/b23-7+. The first-order chi connectivity index (χ1) is 12.6. The summed E-state index contributed by atoms with van der Waals surface area (Å²) in [5.41, 5.74) is -0.105. The largest absolute Gasteiger partial charge is 0.854 e. The highest BCUT2D eigenvalue weighted by Crippen LogP contribution is 2.35. The Balaban J connectivity index is 2.05. The molecule has 0 unspecified atom stereocenters. The highest BCUT2D eigenvalue weighted by Gasteiger charge is 2.58. The first-order valence-corrected chi connectivity index (χ1v) is 7.31. The molecule has 13 heteroatoms. The molecule has 0 fully saturated rings. The van der Waals surface area contributed by atoms with Crippen LogP contribution in [0.3, 0.4) is 0 Å². The Hall–Kier alpha value is -2.89. The van der Waals surface area contributed by atoms with E-state index < -0.39 is 24.6 Å². The van der Waals surface area contributed by atoms with Crippen molar-refractivity contribution >= 4 is 23.7 Å². The molecular formula is C14H9ClF5N5O2. The fourth-order valence-electron chi connectivity index (χ4n) is 1.49. The van der Waals surface area contributed by atoms with Gasteiger partial charge in [-0.1, -0.05) is 21.4 Å². The molecule has 7 nitrogen and oxygen atoms in total. The molecule has 0 saturated carbocycles. The first-order valence-electron chi connectivity index (χ1n) is 6.93. The monoisotopic (exact) mass is 409 g/mol. The van der Waals surface area contributed by atoms with E-state index in [2.05, 4.69) is 25.1 Å². The third-order valence-electron chi connectivity index (χ3n) is 2.84. The average molecular weight is 410 g/mol. The summed E-state index contributed by atoms with van der Waals surface area (Å²) in [5, 5.41) is 18.6. The Labute approximate surface area is 153 Å². The number of hydrogen-bond donors (Lipinski definition) is 0. The fourth-order valence-corrected chi connectivity index (χ4v) is 1.71. The van der Waals surface area contributed by atoms with Gasteiger partial charge in [-0.2, -0.15) is 22.0 Å². The first kappa shape index (κ1) is 20.4. The normalized spacial score (nSPS) is 13.2. The molecule has 0 aliphatic rings. The van der Waals surface area contributed by atoms with Gasteiger partial charge in [0.2, 0.25) is 12.4 Å². The molecule has 0 amide bonds. The molecule has 0 aliphatic heterocycles. The van der Waals surface area contributed by atoms with Gasteiger partial charge in [-0.25, -0.2) is 0 Å². The van der Waals surface area contributed by atoms with Crippen molar-refractivity contribution in [3.63, 3.8) is 0 Å². The molecule has 0 aliphatic carbocycles. The predicted molar refractivity (Wildman–Crippen MR) is 80.2 cm³/mol. The molecule has 0 N–H and O–H groups in total. The zero-order valence-electron chi connectivity index (χ0n) is 13.1. The summed E-state index contributed by atoms with van der Waals surface area (Å²) in [4.78, 5) is 11.5. The van der Waals surface area contributed by atoms with E-state index in [0.29, 0.717) is 0 Å². The van der Waals surface area contributed by atoms with Gasteiger partial charge in [-0.05, 0) is 11.2 Å². The summed E-state index contributed by atoms with van der Waals surface area (Å²) >= 11 is 5.87. The van der Waals surface area contributed by atoms with Crippen molar-refractivity contribution in [2.45, 2.75) is 12.1 Å². The minimum Gasteiger partial charge on any atom is -0.854 e. The minimum atomic E-state index is -5.75. The zero-order chi connectivity index (χ0) is 20.1. The molecular weight excluding hydrogens is 401 g/mol. The van der Waals surface area contributed by atoms with E-state index in [1.165, 1.54) is 35.5 Å². The van der Waals surface area contributed by atoms with Gasteiger partial charge in [0.25, 0.3) is 0 Å². The number of hydrogen-bond acceptors (Lipinski definition) is 6. The van der Waals surface area contributed by atoms with E-state index in [9.17, 15) is 27.1 Å². The summed E-state index contributed by atoms with van der Waals surface area (Å²) in [6, 6.07) is 1.17. The molecule has 0 aromatic carbocycles. The Morgan fingerprint density at radius 3 is 2.52 bits per heavy atom. The van der Waals surface area contributed by atoms with E-state index in [1.54, 1.807) is 0 Å². The van der Waals surface area contributed by atoms with Crippen LogP contribution in [0.15, 0.2) is 47.3 Å². The van der Waals surface area contributed by atoms with Crippen LogP contribution in [0, 0.1) is 0 Å². The van der Waals surface area contributed by atoms with Crippen molar-refractivity contribution in [2.24, 2.45) is 10.3 Å². The van der Waals surface area contributed by atoms with Crippen LogP contribution in [0.5, 0.6) is 0 Å². The van der Waals surface area contributed by atoms with Crippen molar-refractivity contribution in [2.75, 3.05) is 6.61 Å². The van der Waals surface area contributed by atoms with Crippen molar-refractivity contribution in [3.05, 3.63) is 53.3 Å². The van der Waals surface area contributed by atoms with E-state index in [0.717, 1.165) is 12.4 Å². The van der Waals surface area contributed by atoms with Crippen LogP contribution in [0.25, 0.3) is 0 Å². The van der Waals surface area contributed by atoms with Gasteiger partial charge in [0.15, 0.2) is 6.61 Å². The zero-order valence-corrected chi connectivity index (χ0v) is 13.8. The van der Waals surface area contributed by atoms with Crippen LogP contribution in [0.1, 0.15) is 11.3 Å². The maximum absolute atomic E-state index is 12.6. The molecule has 0 spiro atoms. The number of alkyl halides is 5. The van der Waals surface area contributed by atoms with Crippen LogP contribution >= 0.6 is 11.6 Å². The third kappa shape index (κ3) is 5.54.